The van der Waals surface area contributed by atoms with Crippen LogP contribution in [-0.2, 0) is 16.6 Å². The minimum Gasteiger partial charge on any atom is -0.480 e. The van der Waals surface area contributed by atoms with Crippen LogP contribution in [0.4, 0.5) is 0 Å². The first-order valence-electron chi connectivity index (χ1n) is 6.16. The van der Waals surface area contributed by atoms with Gasteiger partial charge < -0.3 is 15.3 Å². The molecule has 0 saturated heterocycles. The van der Waals surface area contributed by atoms with Gasteiger partial charge in [-0.3, -0.25) is 4.79 Å². The van der Waals surface area contributed by atoms with Crippen LogP contribution < -0.4 is 5.73 Å². The highest BCUT2D eigenvalue weighted by Crippen LogP contribution is 2.26. The highest BCUT2D eigenvalue weighted by atomic mass is 16.4. The second-order valence-corrected chi connectivity index (χ2v) is 5.72. The van der Waals surface area contributed by atoms with Crippen molar-refractivity contribution in [2.75, 3.05) is 0 Å². The number of oxazole rings is 1. The van der Waals surface area contributed by atoms with Crippen molar-refractivity contribution >= 4 is 17.1 Å². The molecule has 0 spiro atoms. The highest BCUT2D eigenvalue weighted by Gasteiger charge is 2.21. The molecule has 1 atom stereocenters. The van der Waals surface area contributed by atoms with Crippen LogP contribution in [0.25, 0.3) is 11.1 Å². The first-order chi connectivity index (χ1) is 8.77. The van der Waals surface area contributed by atoms with E-state index in [0.29, 0.717) is 11.5 Å². The summed E-state index contributed by atoms with van der Waals surface area (Å²) in [7, 11) is 0. The summed E-state index contributed by atoms with van der Waals surface area (Å²) in [6, 6.07) is 4.56. The second-order valence-electron chi connectivity index (χ2n) is 5.72. The maximum atomic E-state index is 10.7. The molecule has 0 aliphatic carbocycles. The minimum atomic E-state index is -1.00. The van der Waals surface area contributed by atoms with Gasteiger partial charge in [0, 0.05) is 5.41 Å². The Morgan fingerprint density at radius 1 is 1.47 bits per heavy atom. The molecular formula is C14H18N2O3. The number of aliphatic carboxylic acids is 1. The van der Waals surface area contributed by atoms with Gasteiger partial charge in [0.05, 0.1) is 0 Å². The van der Waals surface area contributed by atoms with Gasteiger partial charge in [-0.2, -0.15) is 0 Å². The number of carboxylic acid groups (broad SMARTS) is 1. The Kier molecular flexibility index (Phi) is 3.32. The Balaban J connectivity index is 2.33. The minimum absolute atomic E-state index is 0.156. The van der Waals surface area contributed by atoms with Gasteiger partial charge in [0.1, 0.15) is 11.6 Å². The predicted molar refractivity (Wildman–Crippen MR) is 72.0 cm³/mol. The molecule has 5 nitrogen and oxygen atoms in total. The van der Waals surface area contributed by atoms with Crippen LogP contribution >= 0.6 is 0 Å². The Bertz CT molecular complexity index is 611. The van der Waals surface area contributed by atoms with E-state index in [-0.39, 0.29) is 11.8 Å². The predicted octanol–water partition coefficient (Wildman–Crippen LogP) is 2.08. The Morgan fingerprint density at radius 3 is 2.74 bits per heavy atom. The monoisotopic (exact) mass is 262 g/mol. The largest absolute Gasteiger partial charge is 0.480 e. The molecule has 1 aromatic heterocycles. The fourth-order valence-electron chi connectivity index (χ4n) is 1.76. The third-order valence-electron chi connectivity index (χ3n) is 2.87. The molecule has 2 rings (SSSR count). The number of carboxylic acids is 1. The maximum Gasteiger partial charge on any atom is 0.320 e. The van der Waals surface area contributed by atoms with Crippen molar-refractivity contribution in [1.29, 1.82) is 0 Å². The zero-order valence-electron chi connectivity index (χ0n) is 11.3. The second kappa shape index (κ2) is 4.66. The van der Waals surface area contributed by atoms with Crippen LogP contribution in [0.5, 0.6) is 0 Å². The lowest BCUT2D eigenvalue weighted by Gasteiger charge is -2.11. The van der Waals surface area contributed by atoms with Gasteiger partial charge in [-0.25, -0.2) is 4.98 Å². The van der Waals surface area contributed by atoms with Gasteiger partial charge >= 0.3 is 5.97 Å². The average molecular weight is 262 g/mol. The van der Waals surface area contributed by atoms with Gasteiger partial charge in [0.15, 0.2) is 5.58 Å². The fourth-order valence-corrected chi connectivity index (χ4v) is 1.76. The van der Waals surface area contributed by atoms with E-state index in [2.05, 4.69) is 4.98 Å². The third kappa shape index (κ3) is 2.93. The molecule has 0 aliphatic rings. The average Bonchev–Trinajstić information content (AvgIpc) is 2.71. The van der Waals surface area contributed by atoms with E-state index in [4.69, 9.17) is 15.3 Å². The van der Waals surface area contributed by atoms with Crippen LogP contribution in [0, 0.1) is 0 Å². The summed E-state index contributed by atoms with van der Waals surface area (Å²) in [4.78, 5) is 15.2. The summed E-state index contributed by atoms with van der Waals surface area (Å²) in [6.07, 6.45) is 0.281. The molecule has 0 bridgehead atoms. The maximum absolute atomic E-state index is 10.7. The number of fused-ring (bicyclic) bond motifs is 1. The lowest BCUT2D eigenvalue weighted by Crippen LogP contribution is -2.32. The van der Waals surface area contributed by atoms with Crippen molar-refractivity contribution in [3.8, 4) is 0 Å². The third-order valence-corrected chi connectivity index (χ3v) is 2.87. The number of hydrogen-bond donors (Lipinski definition) is 2. The van der Waals surface area contributed by atoms with E-state index < -0.39 is 12.0 Å². The summed E-state index contributed by atoms with van der Waals surface area (Å²) >= 11 is 0. The highest BCUT2D eigenvalue weighted by molar-refractivity contribution is 5.76. The van der Waals surface area contributed by atoms with Crippen molar-refractivity contribution in [3.63, 3.8) is 0 Å². The molecule has 19 heavy (non-hydrogen) atoms. The number of aromatic nitrogens is 1. The van der Waals surface area contributed by atoms with E-state index >= 15 is 0 Å². The summed E-state index contributed by atoms with van der Waals surface area (Å²) < 4.78 is 5.68. The molecule has 0 saturated carbocycles. The van der Waals surface area contributed by atoms with Gasteiger partial charge in [-0.05, 0) is 24.1 Å². The number of carbonyl (C=O) groups is 1. The molecule has 1 unspecified atom stereocenters. The van der Waals surface area contributed by atoms with Crippen molar-refractivity contribution in [1.82, 2.24) is 4.98 Å². The number of hydrogen-bond acceptors (Lipinski definition) is 4. The molecule has 3 N–H and O–H groups in total. The van der Waals surface area contributed by atoms with Crippen molar-refractivity contribution in [2.45, 2.75) is 38.6 Å². The molecular weight excluding hydrogens is 244 g/mol. The van der Waals surface area contributed by atoms with Crippen molar-refractivity contribution in [3.05, 3.63) is 29.7 Å². The summed E-state index contributed by atoms with van der Waals surface area (Å²) in [5.41, 5.74) is 7.65. The zero-order chi connectivity index (χ0) is 14.2. The topological polar surface area (TPSA) is 89.3 Å². The molecule has 1 aromatic carbocycles. The van der Waals surface area contributed by atoms with Crippen LogP contribution in [0.1, 0.15) is 32.2 Å². The summed E-state index contributed by atoms with van der Waals surface area (Å²) in [5, 5.41) is 8.81. The smallest absolute Gasteiger partial charge is 0.320 e. The Labute approximate surface area is 111 Å². The Morgan fingerprint density at radius 2 is 2.16 bits per heavy atom. The van der Waals surface area contributed by atoms with E-state index in [1.54, 1.807) is 0 Å². The number of nitrogens with two attached hydrogens (primary N) is 1. The standard InChI is InChI=1S/C14H18N2O3/c1-14(2,3)13-16-10-7-8(4-5-11(10)19-13)6-9(15)12(17)18/h4-5,7,9H,6,15H2,1-3H3,(H,17,18). The normalized spacial score (nSPS) is 13.7. The number of nitrogens with zero attached hydrogens (tertiary/aromatic N) is 1. The van der Waals surface area contributed by atoms with E-state index in [1.165, 1.54) is 0 Å². The van der Waals surface area contributed by atoms with E-state index in [1.807, 2.05) is 39.0 Å². The van der Waals surface area contributed by atoms with Gasteiger partial charge in [-0.1, -0.05) is 26.8 Å². The summed E-state index contributed by atoms with van der Waals surface area (Å²) in [6.45, 7) is 6.08. The van der Waals surface area contributed by atoms with Crippen LogP contribution in [-0.4, -0.2) is 22.1 Å². The lowest BCUT2D eigenvalue weighted by molar-refractivity contribution is -0.138. The van der Waals surface area contributed by atoms with E-state index in [0.717, 1.165) is 11.1 Å². The van der Waals surface area contributed by atoms with Crippen LogP contribution in [0.3, 0.4) is 0 Å². The molecule has 1 heterocycles. The first-order valence-corrected chi connectivity index (χ1v) is 6.16. The molecule has 0 aliphatic heterocycles. The van der Waals surface area contributed by atoms with Crippen molar-refractivity contribution in [2.24, 2.45) is 5.73 Å². The van der Waals surface area contributed by atoms with Crippen LogP contribution in [0.2, 0.25) is 0 Å². The summed E-state index contributed by atoms with van der Waals surface area (Å²) in [5.74, 6) is -0.335. The van der Waals surface area contributed by atoms with Crippen LogP contribution in [0.15, 0.2) is 22.6 Å². The quantitative estimate of drug-likeness (QED) is 0.884. The molecule has 0 amide bonds. The van der Waals surface area contributed by atoms with Crippen molar-refractivity contribution < 1.29 is 14.3 Å². The molecule has 0 fully saturated rings. The number of rotatable bonds is 3. The SMILES string of the molecule is CC(C)(C)c1nc2cc(CC(N)C(=O)O)ccc2o1. The zero-order valence-corrected chi connectivity index (χ0v) is 11.3. The van der Waals surface area contributed by atoms with E-state index in [9.17, 15) is 4.79 Å². The lowest BCUT2D eigenvalue weighted by atomic mass is 9.97. The van der Waals surface area contributed by atoms with Gasteiger partial charge in [0.25, 0.3) is 0 Å². The number of benzene rings is 1. The van der Waals surface area contributed by atoms with Gasteiger partial charge in [0.2, 0.25) is 5.89 Å². The van der Waals surface area contributed by atoms with Gasteiger partial charge in [-0.15, -0.1) is 0 Å². The molecule has 0 radical (unpaired) electrons. The first kappa shape index (κ1) is 13.5. The molecule has 102 valence electrons. The molecule has 2 aromatic rings. The fraction of sp³-hybridized carbons (Fsp3) is 0.429. The Hall–Kier alpha value is -1.88. The molecule has 5 heteroatoms.